The SMILES string of the molecule is CCCCOCCOCCOCc1cc2c(cc1CCC)OCO2.C[N+](C)(C)Cc1ccccc1. The van der Waals surface area contributed by atoms with Crippen LogP contribution < -0.4 is 9.47 Å². The second kappa shape index (κ2) is 16.5. The first-order chi connectivity index (χ1) is 16.9. The maximum absolute atomic E-state index is 5.75. The van der Waals surface area contributed by atoms with Crippen LogP contribution in [0.1, 0.15) is 49.8 Å². The minimum atomic E-state index is 0.305. The molecule has 0 radical (unpaired) electrons. The number of aryl methyl sites for hydroxylation is 1. The maximum atomic E-state index is 5.75. The molecule has 1 aliphatic rings. The molecular weight excluding hydrogens is 442 g/mol. The average molecular weight is 489 g/mol. The summed E-state index contributed by atoms with van der Waals surface area (Å²) in [5.41, 5.74) is 3.84. The lowest BCUT2D eigenvalue weighted by molar-refractivity contribution is -0.884. The highest BCUT2D eigenvalue weighted by molar-refractivity contribution is 5.48. The van der Waals surface area contributed by atoms with Crippen LogP contribution in [0.2, 0.25) is 0 Å². The molecule has 0 aromatic heterocycles. The van der Waals surface area contributed by atoms with Gasteiger partial charge in [-0.25, -0.2) is 0 Å². The summed E-state index contributed by atoms with van der Waals surface area (Å²) in [6.07, 6.45) is 4.38. The molecule has 0 amide bonds. The predicted molar refractivity (Wildman–Crippen MR) is 141 cm³/mol. The summed E-state index contributed by atoms with van der Waals surface area (Å²) in [5.74, 6) is 1.66. The Morgan fingerprint density at radius 3 is 1.94 bits per heavy atom. The number of quaternary nitrogens is 1. The van der Waals surface area contributed by atoms with Crippen LogP contribution in [-0.4, -0.2) is 65.5 Å². The zero-order valence-electron chi connectivity index (χ0n) is 22.5. The van der Waals surface area contributed by atoms with Gasteiger partial charge < -0.3 is 28.2 Å². The molecule has 0 atom stereocenters. The van der Waals surface area contributed by atoms with E-state index in [0.29, 0.717) is 39.8 Å². The molecule has 0 saturated carbocycles. The first-order valence-corrected chi connectivity index (χ1v) is 12.9. The third-order valence-corrected chi connectivity index (χ3v) is 5.36. The summed E-state index contributed by atoms with van der Waals surface area (Å²) in [5, 5.41) is 0. The molecule has 0 saturated heterocycles. The first kappa shape index (κ1) is 29.1. The van der Waals surface area contributed by atoms with E-state index in [1.165, 1.54) is 16.7 Å². The minimum absolute atomic E-state index is 0.305. The van der Waals surface area contributed by atoms with Gasteiger partial charge in [0.2, 0.25) is 6.79 Å². The standard InChI is InChI=1S/C19H30O5.C10H16N/c1-3-5-7-20-8-9-21-10-11-22-14-17-13-19-18(23-15-24-19)12-16(17)6-4-2;1-11(2,3)9-10-7-5-4-6-8-10/h12-13H,3-11,14-15H2,1-2H3;4-8H,9H2,1-3H3/q;+1. The van der Waals surface area contributed by atoms with E-state index < -0.39 is 0 Å². The molecule has 0 unspecified atom stereocenters. The maximum Gasteiger partial charge on any atom is 0.231 e. The normalized spacial score (nSPS) is 12.4. The van der Waals surface area contributed by atoms with Crippen molar-refractivity contribution in [3.8, 4) is 11.5 Å². The smallest absolute Gasteiger partial charge is 0.231 e. The van der Waals surface area contributed by atoms with E-state index >= 15 is 0 Å². The van der Waals surface area contributed by atoms with Gasteiger partial charge in [-0.15, -0.1) is 0 Å². The van der Waals surface area contributed by atoms with Gasteiger partial charge in [-0.3, -0.25) is 0 Å². The van der Waals surface area contributed by atoms with E-state index in [1.54, 1.807) is 0 Å². The second-order valence-corrected chi connectivity index (χ2v) is 9.79. The Balaban J connectivity index is 0.000000328. The van der Waals surface area contributed by atoms with Crippen LogP contribution >= 0.6 is 0 Å². The number of hydrogen-bond acceptors (Lipinski definition) is 5. The summed E-state index contributed by atoms with van der Waals surface area (Å²) >= 11 is 0. The molecule has 35 heavy (non-hydrogen) atoms. The van der Waals surface area contributed by atoms with Crippen molar-refractivity contribution in [3.63, 3.8) is 0 Å². The van der Waals surface area contributed by atoms with Gasteiger partial charge in [-0.2, -0.15) is 0 Å². The van der Waals surface area contributed by atoms with Crippen LogP contribution in [0, 0.1) is 0 Å². The first-order valence-electron chi connectivity index (χ1n) is 12.9. The molecule has 6 heteroatoms. The lowest BCUT2D eigenvalue weighted by atomic mass is 10.0. The lowest BCUT2D eigenvalue weighted by Gasteiger charge is -2.23. The van der Waals surface area contributed by atoms with Crippen LogP contribution in [0.15, 0.2) is 42.5 Å². The number of hydrogen-bond donors (Lipinski definition) is 0. The summed E-state index contributed by atoms with van der Waals surface area (Å²) in [7, 11) is 6.60. The fourth-order valence-corrected chi connectivity index (χ4v) is 3.66. The van der Waals surface area contributed by atoms with E-state index in [9.17, 15) is 0 Å². The fraction of sp³-hybridized carbons (Fsp3) is 0.586. The Hall–Kier alpha value is -2.12. The molecule has 2 aromatic carbocycles. The average Bonchev–Trinajstić information content (AvgIpc) is 3.28. The highest BCUT2D eigenvalue weighted by Crippen LogP contribution is 2.35. The second-order valence-electron chi connectivity index (χ2n) is 9.79. The minimum Gasteiger partial charge on any atom is -0.454 e. The topological polar surface area (TPSA) is 46.2 Å². The lowest BCUT2D eigenvalue weighted by Crippen LogP contribution is -2.33. The summed E-state index contributed by atoms with van der Waals surface area (Å²) in [6.45, 7) is 9.57. The largest absolute Gasteiger partial charge is 0.454 e. The van der Waals surface area contributed by atoms with Crippen LogP contribution in [-0.2, 0) is 33.8 Å². The molecule has 2 aromatic rings. The number of nitrogens with zero attached hydrogens (tertiary/aromatic N) is 1. The zero-order valence-corrected chi connectivity index (χ0v) is 22.5. The zero-order chi connectivity index (χ0) is 25.4. The summed E-state index contributed by atoms with van der Waals surface area (Å²) in [6, 6.07) is 14.7. The van der Waals surface area contributed by atoms with Gasteiger partial charge in [-0.1, -0.05) is 57.0 Å². The van der Waals surface area contributed by atoms with Gasteiger partial charge in [0.05, 0.1) is 54.2 Å². The van der Waals surface area contributed by atoms with Crippen molar-refractivity contribution in [2.45, 2.75) is 52.7 Å². The fourth-order valence-electron chi connectivity index (χ4n) is 3.66. The highest BCUT2D eigenvalue weighted by Gasteiger charge is 2.17. The van der Waals surface area contributed by atoms with Gasteiger partial charge in [0.15, 0.2) is 11.5 Å². The van der Waals surface area contributed by atoms with Crippen molar-refractivity contribution in [2.24, 2.45) is 0 Å². The number of ether oxygens (including phenoxy) is 5. The molecule has 1 aliphatic heterocycles. The van der Waals surface area contributed by atoms with Crippen molar-refractivity contribution < 1.29 is 28.2 Å². The molecule has 0 N–H and O–H groups in total. The Labute approximate surface area is 212 Å². The van der Waals surface area contributed by atoms with Gasteiger partial charge in [0, 0.05) is 12.2 Å². The highest BCUT2D eigenvalue weighted by atomic mass is 16.7. The van der Waals surface area contributed by atoms with Gasteiger partial charge in [0.25, 0.3) is 0 Å². The Kier molecular flexibility index (Phi) is 13.8. The molecular formula is C29H46NO5+. The third kappa shape index (κ3) is 12.4. The number of unbranched alkanes of at least 4 members (excludes halogenated alkanes) is 1. The molecule has 196 valence electrons. The van der Waals surface area contributed by atoms with E-state index in [1.807, 2.05) is 6.07 Å². The third-order valence-electron chi connectivity index (χ3n) is 5.36. The Bertz CT molecular complexity index is 820. The monoisotopic (exact) mass is 488 g/mol. The Morgan fingerprint density at radius 1 is 0.743 bits per heavy atom. The molecule has 3 rings (SSSR count). The van der Waals surface area contributed by atoms with Crippen molar-refractivity contribution in [3.05, 3.63) is 59.2 Å². The van der Waals surface area contributed by atoms with Crippen LogP contribution in [0.4, 0.5) is 0 Å². The van der Waals surface area contributed by atoms with Crippen LogP contribution in [0.3, 0.4) is 0 Å². The van der Waals surface area contributed by atoms with Crippen molar-refractivity contribution in [2.75, 3.05) is 61.0 Å². The molecule has 1 heterocycles. The molecule has 6 nitrogen and oxygen atoms in total. The molecule has 0 fully saturated rings. The van der Waals surface area contributed by atoms with Crippen molar-refractivity contribution in [1.82, 2.24) is 0 Å². The van der Waals surface area contributed by atoms with Crippen molar-refractivity contribution in [1.29, 1.82) is 0 Å². The van der Waals surface area contributed by atoms with Gasteiger partial charge in [-0.05, 0) is 36.1 Å². The predicted octanol–water partition coefficient (Wildman–Crippen LogP) is 5.61. The van der Waals surface area contributed by atoms with Crippen molar-refractivity contribution >= 4 is 0 Å². The quantitative estimate of drug-likeness (QED) is 0.241. The van der Waals surface area contributed by atoms with Crippen LogP contribution in [0.5, 0.6) is 11.5 Å². The summed E-state index contributed by atoms with van der Waals surface area (Å²) in [4.78, 5) is 0. The van der Waals surface area contributed by atoms with E-state index in [4.69, 9.17) is 23.7 Å². The number of fused-ring (bicyclic) bond motifs is 1. The van der Waals surface area contributed by atoms with Crippen LogP contribution in [0.25, 0.3) is 0 Å². The number of rotatable bonds is 15. The van der Waals surface area contributed by atoms with Gasteiger partial charge in [0.1, 0.15) is 6.54 Å². The summed E-state index contributed by atoms with van der Waals surface area (Å²) < 4.78 is 28.6. The Morgan fingerprint density at radius 2 is 1.34 bits per heavy atom. The molecule has 0 aliphatic carbocycles. The molecule has 0 spiro atoms. The molecule has 0 bridgehead atoms. The number of benzene rings is 2. The van der Waals surface area contributed by atoms with Gasteiger partial charge >= 0.3 is 0 Å². The van der Waals surface area contributed by atoms with E-state index in [2.05, 4.69) is 71.4 Å². The van der Waals surface area contributed by atoms with E-state index in [0.717, 1.165) is 54.8 Å². The van der Waals surface area contributed by atoms with E-state index in [-0.39, 0.29) is 0 Å².